The van der Waals surface area contributed by atoms with Gasteiger partial charge in [-0.2, -0.15) is 0 Å². The minimum atomic E-state index is -3.27. The molecule has 23 heavy (non-hydrogen) atoms. The summed E-state index contributed by atoms with van der Waals surface area (Å²) in [6.07, 6.45) is 1.12. The molecule has 1 aliphatic rings. The van der Waals surface area contributed by atoms with Crippen LogP contribution in [0.2, 0.25) is 0 Å². The fourth-order valence-corrected chi connectivity index (χ4v) is 4.89. The van der Waals surface area contributed by atoms with Gasteiger partial charge in [-0.05, 0) is 50.7 Å². The molecule has 0 radical (unpaired) electrons. The molecule has 0 aliphatic carbocycles. The number of hydrogen-bond acceptors (Lipinski definition) is 5. The summed E-state index contributed by atoms with van der Waals surface area (Å²) in [5.74, 6) is 0.0941. The topological polar surface area (TPSA) is 63.7 Å². The molecule has 0 amide bonds. The minimum Gasteiger partial charge on any atom is -0.427 e. The van der Waals surface area contributed by atoms with Crippen LogP contribution in [0.4, 0.5) is 0 Å². The largest absolute Gasteiger partial charge is 0.427 e. The van der Waals surface area contributed by atoms with Crippen molar-refractivity contribution in [1.29, 1.82) is 0 Å². The number of esters is 1. The van der Waals surface area contributed by atoms with E-state index >= 15 is 0 Å². The highest BCUT2D eigenvalue weighted by Crippen LogP contribution is 2.41. The molecule has 2 rings (SSSR count). The van der Waals surface area contributed by atoms with Crippen LogP contribution in [0.3, 0.4) is 0 Å². The molecule has 0 N–H and O–H groups in total. The van der Waals surface area contributed by atoms with Gasteiger partial charge in [0.2, 0.25) is 0 Å². The fraction of sp³-hybridized carbons (Fsp3) is 0.562. The quantitative estimate of drug-likeness (QED) is 0.608. The molecule has 1 aromatic carbocycles. The Kier molecular flexibility index (Phi) is 6.62. The van der Waals surface area contributed by atoms with E-state index < -0.39 is 20.6 Å². The average molecular weight is 362 g/mol. The molecule has 1 heterocycles. The zero-order valence-corrected chi connectivity index (χ0v) is 15.4. The Bertz CT molecular complexity index is 652. The van der Waals surface area contributed by atoms with Crippen molar-refractivity contribution < 1.29 is 17.9 Å². The summed E-state index contributed by atoms with van der Waals surface area (Å²) >= 11 is 0. The number of piperidine rings is 1. The Morgan fingerprint density at radius 3 is 2.43 bits per heavy atom. The summed E-state index contributed by atoms with van der Waals surface area (Å²) in [6, 6.07) is 6.94. The molecule has 1 aliphatic heterocycles. The average Bonchev–Trinajstić information content (AvgIpc) is 2.47. The Morgan fingerprint density at radius 2 is 1.91 bits per heavy atom. The molecule has 5 nitrogen and oxygen atoms in total. The molecule has 0 atom stereocenters. The first-order chi connectivity index (χ1) is 10.3. The van der Waals surface area contributed by atoms with Crippen molar-refractivity contribution >= 4 is 28.2 Å². The lowest BCUT2D eigenvalue weighted by molar-refractivity contribution is -0.131. The van der Waals surface area contributed by atoms with Crippen molar-refractivity contribution in [2.24, 2.45) is 0 Å². The number of carbonyl (C=O) groups excluding carboxylic acids is 1. The van der Waals surface area contributed by atoms with Gasteiger partial charge in [-0.15, -0.1) is 12.4 Å². The minimum absolute atomic E-state index is 0. The van der Waals surface area contributed by atoms with Crippen LogP contribution in [0, 0.1) is 0 Å². The van der Waals surface area contributed by atoms with Crippen LogP contribution in [0.15, 0.2) is 24.3 Å². The molecule has 130 valence electrons. The zero-order valence-electron chi connectivity index (χ0n) is 13.7. The van der Waals surface area contributed by atoms with E-state index in [0.717, 1.165) is 18.7 Å². The smallest absolute Gasteiger partial charge is 0.308 e. The molecule has 0 aromatic heterocycles. The number of halogens is 1. The van der Waals surface area contributed by atoms with Crippen molar-refractivity contribution in [3.63, 3.8) is 0 Å². The van der Waals surface area contributed by atoms with E-state index in [2.05, 4.69) is 4.90 Å². The Balaban J connectivity index is 0.00000264. The monoisotopic (exact) mass is 361 g/mol. The molecular formula is C16H24ClNO4S. The molecule has 1 aromatic rings. The number of rotatable bonds is 4. The van der Waals surface area contributed by atoms with Gasteiger partial charge in [0.1, 0.15) is 5.75 Å². The summed E-state index contributed by atoms with van der Waals surface area (Å²) < 4.78 is 29.8. The number of carbonyl (C=O) groups is 1. The van der Waals surface area contributed by atoms with Crippen LogP contribution in [0.25, 0.3) is 0 Å². The van der Waals surface area contributed by atoms with Crippen LogP contribution >= 0.6 is 12.4 Å². The van der Waals surface area contributed by atoms with Gasteiger partial charge in [-0.3, -0.25) is 4.79 Å². The lowest BCUT2D eigenvalue weighted by Gasteiger charge is -2.40. The van der Waals surface area contributed by atoms with Gasteiger partial charge in [-0.25, -0.2) is 8.42 Å². The number of nitrogens with zero attached hydrogens (tertiary/aromatic N) is 1. The number of hydrogen-bond donors (Lipinski definition) is 0. The lowest BCUT2D eigenvalue weighted by Crippen LogP contribution is -2.46. The zero-order chi connectivity index (χ0) is 16.4. The first-order valence-corrected chi connectivity index (χ1v) is 9.16. The summed E-state index contributed by atoms with van der Waals surface area (Å²) in [5.41, 5.74) is 0.723. The predicted molar refractivity (Wildman–Crippen MR) is 92.9 cm³/mol. The normalized spacial score (nSPS) is 18.0. The van der Waals surface area contributed by atoms with E-state index in [4.69, 9.17) is 4.74 Å². The third-order valence-electron chi connectivity index (χ3n) is 4.39. The molecule has 0 bridgehead atoms. The summed E-state index contributed by atoms with van der Waals surface area (Å²) in [4.78, 5) is 13.3. The van der Waals surface area contributed by atoms with E-state index in [1.54, 1.807) is 25.1 Å². The molecule has 0 unspecified atom stereocenters. The molecular weight excluding hydrogens is 338 g/mol. The second-order valence-corrected chi connectivity index (χ2v) is 8.41. The lowest BCUT2D eigenvalue weighted by atomic mass is 9.88. The van der Waals surface area contributed by atoms with E-state index in [9.17, 15) is 13.2 Å². The number of sulfone groups is 1. The maximum absolute atomic E-state index is 12.8. The SMILES string of the molecule is CCS(=O)(=O)C1(c2cccc(OC(C)=O)c2)CCN(C)CC1.Cl. The maximum atomic E-state index is 12.8. The summed E-state index contributed by atoms with van der Waals surface area (Å²) in [6.45, 7) is 4.49. The van der Waals surface area contributed by atoms with Crippen LogP contribution < -0.4 is 4.74 Å². The highest BCUT2D eigenvalue weighted by Gasteiger charge is 2.46. The molecule has 1 saturated heterocycles. The van der Waals surface area contributed by atoms with Crippen molar-refractivity contribution in [2.45, 2.75) is 31.4 Å². The van der Waals surface area contributed by atoms with E-state index in [1.807, 2.05) is 13.1 Å². The second kappa shape index (κ2) is 7.64. The number of ether oxygens (including phenoxy) is 1. The van der Waals surface area contributed by atoms with Gasteiger partial charge in [0.05, 0.1) is 4.75 Å². The van der Waals surface area contributed by atoms with Gasteiger partial charge >= 0.3 is 5.97 Å². The Labute approximate surface area is 144 Å². The third kappa shape index (κ3) is 4.05. The Hall–Kier alpha value is -1.11. The summed E-state index contributed by atoms with van der Waals surface area (Å²) in [7, 11) is -1.27. The van der Waals surface area contributed by atoms with Gasteiger partial charge in [0, 0.05) is 12.7 Å². The van der Waals surface area contributed by atoms with E-state index in [-0.39, 0.29) is 18.2 Å². The Morgan fingerprint density at radius 1 is 1.30 bits per heavy atom. The van der Waals surface area contributed by atoms with Crippen molar-refractivity contribution in [3.8, 4) is 5.75 Å². The van der Waals surface area contributed by atoms with Gasteiger partial charge < -0.3 is 9.64 Å². The van der Waals surface area contributed by atoms with E-state index in [1.165, 1.54) is 6.92 Å². The second-order valence-electron chi connectivity index (χ2n) is 5.82. The molecule has 0 spiro atoms. The predicted octanol–water partition coefficient (Wildman–Crippen LogP) is 2.39. The van der Waals surface area contributed by atoms with Gasteiger partial charge in [0.25, 0.3) is 0 Å². The highest BCUT2D eigenvalue weighted by atomic mass is 35.5. The van der Waals surface area contributed by atoms with Gasteiger partial charge in [0.15, 0.2) is 9.84 Å². The van der Waals surface area contributed by atoms with Crippen molar-refractivity contribution in [2.75, 3.05) is 25.9 Å². The highest BCUT2D eigenvalue weighted by molar-refractivity contribution is 7.92. The summed E-state index contributed by atoms with van der Waals surface area (Å²) in [5, 5.41) is 0. The van der Waals surface area contributed by atoms with E-state index in [0.29, 0.717) is 18.6 Å². The van der Waals surface area contributed by atoms with Crippen molar-refractivity contribution in [1.82, 2.24) is 4.90 Å². The molecule has 0 saturated carbocycles. The van der Waals surface area contributed by atoms with Gasteiger partial charge in [-0.1, -0.05) is 19.1 Å². The first-order valence-electron chi connectivity index (χ1n) is 7.50. The van der Waals surface area contributed by atoms with Crippen LogP contribution in [-0.2, 0) is 19.4 Å². The first kappa shape index (κ1) is 19.9. The third-order valence-corrected chi connectivity index (χ3v) is 6.99. The van der Waals surface area contributed by atoms with Crippen LogP contribution in [0.5, 0.6) is 5.75 Å². The number of likely N-dealkylation sites (tertiary alicyclic amines) is 1. The number of benzene rings is 1. The maximum Gasteiger partial charge on any atom is 0.308 e. The molecule has 7 heteroatoms. The van der Waals surface area contributed by atoms with Crippen molar-refractivity contribution in [3.05, 3.63) is 29.8 Å². The van der Waals surface area contributed by atoms with Crippen LogP contribution in [0.1, 0.15) is 32.3 Å². The van der Waals surface area contributed by atoms with Crippen LogP contribution in [-0.4, -0.2) is 45.2 Å². The fourth-order valence-electron chi connectivity index (χ4n) is 3.04. The molecule has 1 fully saturated rings. The standard InChI is InChI=1S/C16H23NO4S.ClH/c1-4-22(19,20)16(8-10-17(3)11-9-16)14-6-5-7-15(12-14)21-13(2)18;/h5-7,12H,4,8-11H2,1-3H3;1H.